The van der Waals surface area contributed by atoms with Crippen LogP contribution in [0, 0.1) is 17.6 Å². The molecular formula is C26H35F2N5O4S. The van der Waals surface area contributed by atoms with Crippen LogP contribution in [0.15, 0.2) is 24.4 Å². The Hall–Kier alpha value is -2.86. The second kappa shape index (κ2) is 11.9. The van der Waals surface area contributed by atoms with Crippen LogP contribution in [0.1, 0.15) is 70.7 Å². The maximum atomic E-state index is 14.2. The topological polar surface area (TPSA) is 124 Å². The third-order valence-corrected chi connectivity index (χ3v) is 8.63. The van der Waals surface area contributed by atoms with Crippen molar-refractivity contribution in [2.45, 2.75) is 76.9 Å². The number of imidazole rings is 1. The molecule has 4 rings (SSSR count). The maximum Gasteiger partial charge on any atom is 0.239 e. The summed E-state index contributed by atoms with van der Waals surface area (Å²) in [6, 6.07) is 1.21. The minimum Gasteiger partial charge on any atom is -0.345 e. The summed E-state index contributed by atoms with van der Waals surface area (Å²) in [5.74, 6) is -1.81. The lowest BCUT2D eigenvalue weighted by atomic mass is 10.0. The molecule has 2 aliphatic rings. The molecule has 12 heteroatoms. The Balaban J connectivity index is 1.46. The molecule has 2 amide bonds. The molecule has 1 saturated carbocycles. The van der Waals surface area contributed by atoms with Gasteiger partial charge in [-0.25, -0.2) is 26.9 Å². The summed E-state index contributed by atoms with van der Waals surface area (Å²) in [4.78, 5) is 35.2. The number of sulfonamides is 1. The van der Waals surface area contributed by atoms with E-state index in [9.17, 15) is 26.8 Å². The molecule has 1 aromatic carbocycles. The number of carbonyl (C=O) groups is 2. The largest absolute Gasteiger partial charge is 0.345 e. The van der Waals surface area contributed by atoms with Gasteiger partial charge in [0.15, 0.2) is 0 Å². The van der Waals surface area contributed by atoms with Crippen molar-refractivity contribution in [3.8, 4) is 11.3 Å². The molecule has 1 aliphatic heterocycles. The summed E-state index contributed by atoms with van der Waals surface area (Å²) in [5, 5.41) is 2.72. The highest BCUT2D eigenvalue weighted by atomic mass is 32.2. The van der Waals surface area contributed by atoms with Crippen molar-refractivity contribution in [1.29, 1.82) is 0 Å². The smallest absolute Gasteiger partial charge is 0.239 e. The molecule has 0 bridgehead atoms. The van der Waals surface area contributed by atoms with Crippen molar-refractivity contribution < 1.29 is 26.8 Å². The van der Waals surface area contributed by atoms with E-state index in [0.717, 1.165) is 44.2 Å². The number of aromatic nitrogens is 2. The summed E-state index contributed by atoms with van der Waals surface area (Å²) in [7, 11) is -3.79. The highest BCUT2D eigenvalue weighted by Crippen LogP contribution is 2.32. The van der Waals surface area contributed by atoms with Crippen LogP contribution < -0.4 is 10.0 Å². The van der Waals surface area contributed by atoms with Gasteiger partial charge in [0.1, 0.15) is 23.5 Å². The minimum atomic E-state index is -3.79. The van der Waals surface area contributed by atoms with Crippen molar-refractivity contribution >= 4 is 21.8 Å². The lowest BCUT2D eigenvalue weighted by Crippen LogP contribution is -2.52. The first-order valence-electron chi connectivity index (χ1n) is 13.1. The fraction of sp³-hybridized carbons (Fsp3) is 0.577. The molecule has 2 fully saturated rings. The second-order valence-electron chi connectivity index (χ2n) is 10.4. The molecule has 0 radical (unpaired) electrons. The average Bonchev–Trinajstić information content (AvgIpc) is 3.57. The number of hydrogen-bond donors (Lipinski definition) is 3. The summed E-state index contributed by atoms with van der Waals surface area (Å²) >= 11 is 0. The van der Waals surface area contributed by atoms with Crippen molar-refractivity contribution in [1.82, 2.24) is 24.9 Å². The van der Waals surface area contributed by atoms with Gasteiger partial charge in [-0.05, 0) is 57.6 Å². The number of nitrogens with zero attached hydrogens (tertiary/aromatic N) is 2. The first-order chi connectivity index (χ1) is 18.0. The van der Waals surface area contributed by atoms with Gasteiger partial charge in [0.2, 0.25) is 21.8 Å². The van der Waals surface area contributed by atoms with E-state index in [1.807, 2.05) is 6.92 Å². The summed E-state index contributed by atoms with van der Waals surface area (Å²) < 4.78 is 55.5. The summed E-state index contributed by atoms with van der Waals surface area (Å²) in [5.41, 5.74) is 0.413. The standard InChI is InChI=1S/C26H35F2N5O4S/c1-16-5-3-4-11-33(16)24(34)14-22(32-38(36,37)12-10-18-6-7-18)26(35)30-17(2)25-29-15-23(31-25)20-9-8-19(27)13-21(20)28/h8-9,13,15-18,22,32H,3-7,10-12,14H2,1-2H3,(H,29,31)(H,30,35)/t16-,17-,22-/m0/s1. The molecular weight excluding hydrogens is 516 g/mol. The Labute approximate surface area is 221 Å². The molecule has 0 spiro atoms. The minimum absolute atomic E-state index is 0.0266. The van der Waals surface area contributed by atoms with Crippen LogP contribution in [0.3, 0.4) is 0 Å². The number of piperidine rings is 1. The Kier molecular flexibility index (Phi) is 8.81. The van der Waals surface area contributed by atoms with Gasteiger partial charge >= 0.3 is 0 Å². The van der Waals surface area contributed by atoms with E-state index in [0.29, 0.717) is 30.4 Å². The molecule has 208 valence electrons. The van der Waals surface area contributed by atoms with E-state index >= 15 is 0 Å². The highest BCUT2D eigenvalue weighted by molar-refractivity contribution is 7.89. The van der Waals surface area contributed by atoms with Crippen LogP contribution in [0.2, 0.25) is 0 Å². The van der Waals surface area contributed by atoms with Gasteiger partial charge in [0.25, 0.3) is 0 Å². The monoisotopic (exact) mass is 551 g/mol. The van der Waals surface area contributed by atoms with Gasteiger partial charge in [-0.15, -0.1) is 0 Å². The number of nitrogens with one attached hydrogen (secondary N) is 3. The molecule has 3 N–H and O–H groups in total. The van der Waals surface area contributed by atoms with Crippen LogP contribution >= 0.6 is 0 Å². The van der Waals surface area contributed by atoms with E-state index in [1.165, 1.54) is 12.3 Å². The number of rotatable bonds is 11. The predicted octanol–water partition coefficient (Wildman–Crippen LogP) is 3.41. The van der Waals surface area contributed by atoms with Crippen LogP contribution in [-0.4, -0.2) is 59.5 Å². The van der Waals surface area contributed by atoms with Gasteiger partial charge in [0.05, 0.1) is 30.1 Å². The second-order valence-corrected chi connectivity index (χ2v) is 12.3. The van der Waals surface area contributed by atoms with Crippen LogP contribution in [0.25, 0.3) is 11.3 Å². The number of halogens is 2. The number of amides is 2. The van der Waals surface area contributed by atoms with Crippen LogP contribution in [-0.2, 0) is 19.6 Å². The zero-order valence-electron chi connectivity index (χ0n) is 21.7. The number of aromatic amines is 1. The Morgan fingerprint density at radius 2 is 1.97 bits per heavy atom. The Bertz CT molecular complexity index is 1260. The zero-order chi connectivity index (χ0) is 27.4. The number of hydrogen-bond acceptors (Lipinski definition) is 5. The Morgan fingerprint density at radius 3 is 2.66 bits per heavy atom. The molecule has 0 unspecified atom stereocenters. The number of carbonyl (C=O) groups excluding carboxylic acids is 2. The van der Waals surface area contributed by atoms with E-state index in [1.54, 1.807) is 11.8 Å². The van der Waals surface area contributed by atoms with Crippen LogP contribution in [0.4, 0.5) is 8.78 Å². The van der Waals surface area contributed by atoms with Gasteiger partial charge in [-0.1, -0.05) is 12.8 Å². The SMILES string of the molecule is C[C@H](NC(=O)[C@H](CC(=O)N1CCCC[C@@H]1C)NS(=O)(=O)CCC1CC1)c1ncc(-c2ccc(F)cc2F)[nH]1. The molecule has 1 aliphatic carbocycles. The molecule has 2 aromatic rings. The third kappa shape index (κ3) is 7.37. The van der Waals surface area contributed by atoms with E-state index in [4.69, 9.17) is 0 Å². The maximum absolute atomic E-state index is 14.2. The lowest BCUT2D eigenvalue weighted by Gasteiger charge is -2.34. The molecule has 38 heavy (non-hydrogen) atoms. The number of benzene rings is 1. The van der Waals surface area contributed by atoms with E-state index < -0.39 is 39.6 Å². The average molecular weight is 552 g/mol. The van der Waals surface area contributed by atoms with Gasteiger partial charge < -0.3 is 15.2 Å². The Morgan fingerprint density at radius 1 is 1.21 bits per heavy atom. The van der Waals surface area contributed by atoms with E-state index in [2.05, 4.69) is 20.0 Å². The quantitative estimate of drug-likeness (QED) is 0.395. The molecule has 1 saturated heterocycles. The zero-order valence-corrected chi connectivity index (χ0v) is 22.5. The fourth-order valence-electron chi connectivity index (χ4n) is 4.74. The molecule has 1 aromatic heterocycles. The van der Waals surface area contributed by atoms with Gasteiger partial charge in [0, 0.05) is 24.2 Å². The van der Waals surface area contributed by atoms with Crippen LogP contribution in [0.5, 0.6) is 0 Å². The first-order valence-corrected chi connectivity index (χ1v) is 14.8. The fourth-order valence-corrected chi connectivity index (χ4v) is 6.12. The molecule has 9 nitrogen and oxygen atoms in total. The number of H-pyrrole nitrogens is 1. The third-order valence-electron chi connectivity index (χ3n) is 7.22. The van der Waals surface area contributed by atoms with Crippen molar-refractivity contribution in [3.05, 3.63) is 41.9 Å². The van der Waals surface area contributed by atoms with Crippen molar-refractivity contribution in [2.75, 3.05) is 12.3 Å². The highest BCUT2D eigenvalue weighted by Gasteiger charge is 2.33. The van der Waals surface area contributed by atoms with Gasteiger partial charge in [-0.3, -0.25) is 9.59 Å². The lowest BCUT2D eigenvalue weighted by molar-refractivity contribution is -0.137. The van der Waals surface area contributed by atoms with Crippen molar-refractivity contribution in [3.63, 3.8) is 0 Å². The number of likely N-dealkylation sites (tertiary alicyclic amines) is 1. The van der Waals surface area contributed by atoms with Crippen molar-refractivity contribution in [2.24, 2.45) is 5.92 Å². The van der Waals surface area contributed by atoms with Gasteiger partial charge in [-0.2, -0.15) is 0 Å². The normalized spacial score (nSPS) is 19.7. The first kappa shape index (κ1) is 28.2. The summed E-state index contributed by atoms with van der Waals surface area (Å²) in [6.45, 7) is 4.16. The predicted molar refractivity (Wildman–Crippen MR) is 138 cm³/mol. The molecule has 2 heterocycles. The van der Waals surface area contributed by atoms with E-state index in [-0.39, 0.29) is 29.7 Å². The molecule has 3 atom stereocenters. The summed E-state index contributed by atoms with van der Waals surface area (Å²) in [6.07, 6.45) is 6.36.